The predicted molar refractivity (Wildman–Crippen MR) is 73.5 cm³/mol. The van der Waals surface area contributed by atoms with Crippen LogP contribution in [0.2, 0.25) is 0 Å². The first-order valence-corrected chi connectivity index (χ1v) is 7.06. The molecule has 3 unspecified atom stereocenters. The summed E-state index contributed by atoms with van der Waals surface area (Å²) < 4.78 is 5.67. The lowest BCUT2D eigenvalue weighted by Crippen LogP contribution is -2.62. The molecule has 0 aromatic rings. The average molecular weight is 256 g/mol. The van der Waals surface area contributed by atoms with Crippen LogP contribution in [-0.2, 0) is 9.53 Å². The molecule has 18 heavy (non-hydrogen) atoms. The summed E-state index contributed by atoms with van der Waals surface area (Å²) in [6, 6.07) is 0.241. The molecule has 1 aliphatic carbocycles. The molecule has 0 spiro atoms. The Hall–Kier alpha value is -0.610. The Kier molecular flexibility index (Phi) is 5.60. The Balaban J connectivity index is 2.38. The van der Waals surface area contributed by atoms with Gasteiger partial charge in [0.1, 0.15) is 0 Å². The first kappa shape index (κ1) is 15.4. The van der Waals surface area contributed by atoms with E-state index in [9.17, 15) is 4.79 Å². The molecule has 1 aliphatic rings. The second-order valence-electron chi connectivity index (χ2n) is 5.77. The lowest BCUT2D eigenvalue weighted by molar-refractivity contribution is -0.139. The van der Waals surface area contributed by atoms with Gasteiger partial charge in [0.15, 0.2) is 0 Å². The number of ether oxygens (including phenoxy) is 1. The van der Waals surface area contributed by atoms with E-state index in [0.29, 0.717) is 0 Å². The molecule has 0 heterocycles. The topological polar surface area (TPSA) is 50.4 Å². The van der Waals surface area contributed by atoms with Gasteiger partial charge in [-0.15, -0.1) is 0 Å². The van der Waals surface area contributed by atoms with Crippen LogP contribution in [-0.4, -0.2) is 37.7 Å². The van der Waals surface area contributed by atoms with Gasteiger partial charge in [-0.05, 0) is 19.9 Å². The molecule has 4 nitrogen and oxygen atoms in total. The van der Waals surface area contributed by atoms with Crippen LogP contribution in [0.1, 0.15) is 41.0 Å². The van der Waals surface area contributed by atoms with Crippen molar-refractivity contribution in [2.24, 2.45) is 11.3 Å². The quantitative estimate of drug-likeness (QED) is 0.726. The highest BCUT2D eigenvalue weighted by molar-refractivity contribution is 5.79. The van der Waals surface area contributed by atoms with E-state index in [4.69, 9.17) is 4.74 Å². The van der Waals surface area contributed by atoms with E-state index in [1.54, 1.807) is 0 Å². The molecule has 1 fully saturated rings. The number of rotatable bonds is 7. The monoisotopic (exact) mass is 256 g/mol. The summed E-state index contributed by atoms with van der Waals surface area (Å²) in [6.45, 7) is 12.7. The van der Waals surface area contributed by atoms with Crippen LogP contribution in [0.25, 0.3) is 0 Å². The van der Waals surface area contributed by atoms with Crippen LogP contribution in [0, 0.1) is 11.3 Å². The molecule has 4 heteroatoms. The van der Waals surface area contributed by atoms with Crippen LogP contribution < -0.4 is 10.6 Å². The third kappa shape index (κ3) is 3.45. The Labute approximate surface area is 111 Å². The Morgan fingerprint density at radius 2 is 2.11 bits per heavy atom. The molecule has 0 aromatic carbocycles. The largest absolute Gasteiger partial charge is 0.378 e. The molecule has 1 saturated carbocycles. The van der Waals surface area contributed by atoms with E-state index in [1.807, 2.05) is 20.8 Å². The Bertz CT molecular complexity index is 279. The molecule has 0 aromatic heterocycles. The van der Waals surface area contributed by atoms with Crippen molar-refractivity contribution in [3.05, 3.63) is 0 Å². The fourth-order valence-electron chi connectivity index (χ4n) is 2.38. The molecule has 106 valence electrons. The molecule has 3 atom stereocenters. The summed E-state index contributed by atoms with van der Waals surface area (Å²) in [4.78, 5) is 12.0. The van der Waals surface area contributed by atoms with Crippen molar-refractivity contribution in [1.82, 2.24) is 10.6 Å². The van der Waals surface area contributed by atoms with E-state index >= 15 is 0 Å². The Morgan fingerprint density at radius 1 is 1.44 bits per heavy atom. The van der Waals surface area contributed by atoms with Crippen LogP contribution in [0.3, 0.4) is 0 Å². The molecule has 1 rings (SSSR count). The third-order valence-corrected chi connectivity index (χ3v) is 4.01. The van der Waals surface area contributed by atoms with Crippen LogP contribution >= 0.6 is 0 Å². The number of carbonyl (C=O) groups excluding carboxylic acids is 1. The van der Waals surface area contributed by atoms with Crippen LogP contribution in [0.4, 0.5) is 0 Å². The fourth-order valence-corrected chi connectivity index (χ4v) is 2.38. The van der Waals surface area contributed by atoms with Crippen LogP contribution in [0.15, 0.2) is 0 Å². The number of carbonyl (C=O) groups is 1. The van der Waals surface area contributed by atoms with Gasteiger partial charge in [-0.25, -0.2) is 0 Å². The molecule has 0 radical (unpaired) electrons. The van der Waals surface area contributed by atoms with E-state index in [1.165, 1.54) is 0 Å². The third-order valence-electron chi connectivity index (χ3n) is 4.01. The van der Waals surface area contributed by atoms with Gasteiger partial charge in [-0.1, -0.05) is 27.7 Å². The van der Waals surface area contributed by atoms with Gasteiger partial charge >= 0.3 is 0 Å². The zero-order chi connectivity index (χ0) is 13.8. The Morgan fingerprint density at radius 3 is 2.61 bits per heavy atom. The SMILES string of the molecule is CCNCC(C)C(=O)NC1CC(OCC)C1(C)C. The van der Waals surface area contributed by atoms with Gasteiger partial charge in [0, 0.05) is 30.5 Å². The molecule has 0 aliphatic heterocycles. The summed E-state index contributed by atoms with van der Waals surface area (Å²) in [5.41, 5.74) is 0.0452. The minimum atomic E-state index is 0.0203. The van der Waals surface area contributed by atoms with Crippen molar-refractivity contribution in [2.45, 2.75) is 53.2 Å². The summed E-state index contributed by atoms with van der Waals surface area (Å²) >= 11 is 0. The molecule has 1 amide bonds. The van der Waals surface area contributed by atoms with Crippen molar-refractivity contribution in [3.63, 3.8) is 0 Å². The summed E-state index contributed by atoms with van der Waals surface area (Å²) in [5, 5.41) is 6.35. The lowest BCUT2D eigenvalue weighted by Gasteiger charge is -2.51. The number of nitrogens with one attached hydrogen (secondary N) is 2. The highest BCUT2D eigenvalue weighted by Crippen LogP contribution is 2.42. The molecule has 2 N–H and O–H groups in total. The highest BCUT2D eigenvalue weighted by Gasteiger charge is 2.49. The van der Waals surface area contributed by atoms with E-state index < -0.39 is 0 Å². The van der Waals surface area contributed by atoms with Gasteiger partial charge in [0.05, 0.1) is 6.10 Å². The standard InChI is InChI=1S/C14H28N2O2/c1-6-15-9-10(3)13(17)16-11-8-12(18-7-2)14(11,4)5/h10-12,15H,6-9H2,1-5H3,(H,16,17). The summed E-state index contributed by atoms with van der Waals surface area (Å²) in [7, 11) is 0. The van der Waals surface area contributed by atoms with E-state index in [-0.39, 0.29) is 29.4 Å². The second-order valence-corrected chi connectivity index (χ2v) is 5.77. The van der Waals surface area contributed by atoms with Crippen molar-refractivity contribution in [2.75, 3.05) is 19.7 Å². The maximum atomic E-state index is 12.0. The van der Waals surface area contributed by atoms with E-state index in [2.05, 4.69) is 24.5 Å². The lowest BCUT2D eigenvalue weighted by atomic mass is 9.64. The maximum absolute atomic E-state index is 12.0. The van der Waals surface area contributed by atoms with Gasteiger partial charge in [0.2, 0.25) is 5.91 Å². The molecule has 0 bridgehead atoms. The first-order valence-electron chi connectivity index (χ1n) is 7.06. The van der Waals surface area contributed by atoms with Gasteiger partial charge in [0.25, 0.3) is 0 Å². The minimum Gasteiger partial charge on any atom is -0.378 e. The number of hydrogen-bond donors (Lipinski definition) is 2. The number of amides is 1. The van der Waals surface area contributed by atoms with Gasteiger partial charge in [-0.3, -0.25) is 4.79 Å². The smallest absolute Gasteiger partial charge is 0.224 e. The average Bonchev–Trinajstić information content (AvgIpc) is 2.34. The van der Waals surface area contributed by atoms with Crippen molar-refractivity contribution in [3.8, 4) is 0 Å². The fraction of sp³-hybridized carbons (Fsp3) is 0.929. The zero-order valence-electron chi connectivity index (χ0n) is 12.4. The molecular weight excluding hydrogens is 228 g/mol. The van der Waals surface area contributed by atoms with Crippen LogP contribution in [0.5, 0.6) is 0 Å². The van der Waals surface area contributed by atoms with E-state index in [0.717, 1.165) is 26.1 Å². The summed E-state index contributed by atoms with van der Waals surface area (Å²) in [6.07, 6.45) is 1.21. The first-order chi connectivity index (χ1) is 8.43. The molecular formula is C14H28N2O2. The van der Waals surface area contributed by atoms with Gasteiger partial charge < -0.3 is 15.4 Å². The summed E-state index contributed by atoms with van der Waals surface area (Å²) in [5.74, 6) is 0.163. The minimum absolute atomic E-state index is 0.0203. The second kappa shape index (κ2) is 6.53. The molecule has 0 saturated heterocycles. The van der Waals surface area contributed by atoms with Crippen molar-refractivity contribution in [1.29, 1.82) is 0 Å². The number of hydrogen-bond acceptors (Lipinski definition) is 3. The normalized spacial score (nSPS) is 27.4. The van der Waals surface area contributed by atoms with Gasteiger partial charge in [-0.2, -0.15) is 0 Å². The van der Waals surface area contributed by atoms with Crippen molar-refractivity contribution < 1.29 is 9.53 Å². The zero-order valence-corrected chi connectivity index (χ0v) is 12.4. The van der Waals surface area contributed by atoms with Crippen molar-refractivity contribution >= 4 is 5.91 Å². The highest BCUT2D eigenvalue weighted by atomic mass is 16.5. The predicted octanol–water partition coefficient (Wildman–Crippen LogP) is 1.55. The maximum Gasteiger partial charge on any atom is 0.224 e.